The van der Waals surface area contributed by atoms with E-state index in [9.17, 15) is 14.1 Å². The maximum Gasteiger partial charge on any atom is 0.335 e. The minimum atomic E-state index is -1.64. The average Bonchev–Trinajstić information content (AvgIpc) is 3.24. The highest BCUT2D eigenvalue weighted by molar-refractivity contribution is 7.86. The number of carbonyl (C=O) groups is 1. The van der Waals surface area contributed by atoms with Gasteiger partial charge in [-0.2, -0.15) is 0 Å². The van der Waals surface area contributed by atoms with Crippen molar-refractivity contribution >= 4 is 45.7 Å². The van der Waals surface area contributed by atoms with Crippen molar-refractivity contribution in [2.45, 2.75) is 25.3 Å². The summed E-state index contributed by atoms with van der Waals surface area (Å²) in [6.07, 6.45) is 7.48. The van der Waals surface area contributed by atoms with Gasteiger partial charge < -0.3 is 10.1 Å². The highest BCUT2D eigenvalue weighted by Crippen LogP contribution is 2.30. The maximum atomic E-state index is 13.8. The van der Waals surface area contributed by atoms with Gasteiger partial charge in [0.25, 0.3) is 0 Å². The summed E-state index contributed by atoms with van der Waals surface area (Å²) >= 11 is 0. The number of H-pyrrole nitrogens is 1. The predicted octanol–water partition coefficient (Wildman–Crippen LogP) is 5.98. The van der Waals surface area contributed by atoms with Crippen LogP contribution in [0.15, 0.2) is 78.3 Å². The third-order valence-corrected chi connectivity index (χ3v) is 6.94. The Morgan fingerprint density at radius 2 is 1.94 bits per heavy atom. The first-order chi connectivity index (χ1) is 16.4. The second-order valence-corrected chi connectivity index (χ2v) is 9.19. The summed E-state index contributed by atoms with van der Waals surface area (Å²) in [7, 11) is -1.64. The van der Waals surface area contributed by atoms with Gasteiger partial charge in [0.1, 0.15) is 5.82 Å². The molecule has 172 valence electrons. The van der Waals surface area contributed by atoms with E-state index in [2.05, 4.69) is 16.5 Å². The lowest BCUT2D eigenvalue weighted by molar-refractivity contribution is 0.0697. The Balaban J connectivity index is 1.81. The van der Waals surface area contributed by atoms with Crippen LogP contribution in [0, 0.1) is 6.92 Å². The number of nitrogens with one attached hydrogen (secondary N) is 1. The molecule has 4 aromatic rings. The zero-order chi connectivity index (χ0) is 24.2. The molecule has 2 aromatic carbocycles. The number of carboxylic acids is 1. The molecule has 0 saturated heterocycles. The number of fused-ring (bicyclic) bond motifs is 1. The van der Waals surface area contributed by atoms with Crippen molar-refractivity contribution in [3.63, 3.8) is 0 Å². The lowest BCUT2D eigenvalue weighted by Gasteiger charge is -2.24. The smallest absolute Gasteiger partial charge is 0.335 e. The number of aryl methyl sites for hydroxylation is 1. The van der Waals surface area contributed by atoms with Crippen LogP contribution in [-0.4, -0.2) is 25.3 Å². The van der Waals surface area contributed by atoms with Gasteiger partial charge in [0.15, 0.2) is 11.0 Å². The third-order valence-electron chi connectivity index (χ3n) is 5.57. The molecule has 1 atom stereocenters. The minimum absolute atomic E-state index is 0.142. The molecule has 0 aliphatic heterocycles. The Hall–Kier alpha value is -3.97. The lowest BCUT2D eigenvalue weighted by Crippen LogP contribution is -2.27. The van der Waals surface area contributed by atoms with Crippen molar-refractivity contribution < 1.29 is 14.1 Å². The van der Waals surface area contributed by atoms with E-state index in [1.165, 1.54) is 12.1 Å². The van der Waals surface area contributed by atoms with Crippen LogP contribution in [-0.2, 0) is 17.5 Å². The fraction of sp³-hybridized carbons (Fsp3) is 0.111. The molecule has 0 aliphatic carbocycles. The van der Waals surface area contributed by atoms with Gasteiger partial charge >= 0.3 is 5.97 Å². The fourth-order valence-electron chi connectivity index (χ4n) is 3.88. The third kappa shape index (κ3) is 4.56. The highest BCUT2D eigenvalue weighted by atomic mass is 32.2. The molecule has 0 spiro atoms. The van der Waals surface area contributed by atoms with Gasteiger partial charge in [0.05, 0.1) is 17.0 Å². The maximum absolute atomic E-state index is 13.8. The van der Waals surface area contributed by atoms with Gasteiger partial charge in [-0.3, -0.25) is 4.31 Å². The number of aromatic amines is 1. The summed E-state index contributed by atoms with van der Waals surface area (Å²) < 4.78 is 15.5. The molecule has 34 heavy (non-hydrogen) atoms. The quantitative estimate of drug-likeness (QED) is 0.331. The Labute approximate surface area is 200 Å². The molecular formula is C27H25N3O3S. The van der Waals surface area contributed by atoms with Gasteiger partial charge in [-0.1, -0.05) is 43.0 Å². The van der Waals surface area contributed by atoms with E-state index in [0.717, 1.165) is 33.3 Å². The van der Waals surface area contributed by atoms with Crippen LogP contribution in [0.5, 0.6) is 0 Å². The summed E-state index contributed by atoms with van der Waals surface area (Å²) in [4.78, 5) is 19.8. The topological polar surface area (TPSA) is 86.3 Å². The number of rotatable bonds is 8. The molecule has 0 amide bonds. The number of aromatic carboxylic acids is 1. The van der Waals surface area contributed by atoms with Gasteiger partial charge in [0, 0.05) is 28.5 Å². The highest BCUT2D eigenvalue weighted by Gasteiger charge is 2.22. The van der Waals surface area contributed by atoms with Crippen molar-refractivity contribution in [2.75, 3.05) is 4.31 Å². The number of allylic oxidation sites excluding steroid dienone is 1. The lowest BCUT2D eigenvalue weighted by atomic mass is 10.1. The number of aromatic nitrogens is 2. The van der Waals surface area contributed by atoms with Gasteiger partial charge in [-0.15, -0.1) is 0 Å². The van der Waals surface area contributed by atoms with E-state index in [-0.39, 0.29) is 5.56 Å². The molecule has 7 heteroatoms. The Morgan fingerprint density at radius 1 is 1.21 bits per heavy atom. The molecule has 2 heterocycles. The standard InChI is InChI=1S/C27H25N3O3S/c1-4-8-20-15-22(29-25(20)5-2)17-30(34(33)23-13-11-19(12-14-23)27(31)32)26-18(3)24-10-7-6-9-21(24)16-28-26/h4-16,29H,2,17H2,1,3H3,(H,31,32)/b8-4-. The molecule has 6 nitrogen and oxygen atoms in total. The Morgan fingerprint density at radius 3 is 2.62 bits per heavy atom. The van der Waals surface area contributed by atoms with Crippen molar-refractivity contribution in [1.82, 2.24) is 9.97 Å². The number of pyridine rings is 1. The summed E-state index contributed by atoms with van der Waals surface area (Å²) in [5, 5.41) is 11.2. The first-order valence-corrected chi connectivity index (χ1v) is 11.9. The van der Waals surface area contributed by atoms with Crippen molar-refractivity contribution in [2.24, 2.45) is 0 Å². The fourth-order valence-corrected chi connectivity index (χ4v) is 5.10. The first-order valence-electron chi connectivity index (χ1n) is 10.8. The Kier molecular flexibility index (Phi) is 6.75. The molecule has 4 rings (SSSR count). The monoisotopic (exact) mass is 471 g/mol. The van der Waals surface area contributed by atoms with Gasteiger partial charge in [-0.25, -0.2) is 14.0 Å². The molecule has 0 saturated carbocycles. The number of benzene rings is 2. The van der Waals surface area contributed by atoms with Crippen molar-refractivity contribution in [3.05, 3.63) is 102 Å². The molecule has 0 radical (unpaired) electrons. The van der Waals surface area contributed by atoms with Gasteiger partial charge in [0.2, 0.25) is 0 Å². The molecule has 0 fully saturated rings. The molecule has 0 aliphatic rings. The number of anilines is 1. The van der Waals surface area contributed by atoms with E-state index in [0.29, 0.717) is 17.3 Å². The zero-order valence-electron chi connectivity index (χ0n) is 19.0. The molecule has 0 bridgehead atoms. The first kappa shape index (κ1) is 23.2. The van der Waals surface area contributed by atoms with Crippen LogP contribution in [0.25, 0.3) is 22.9 Å². The summed E-state index contributed by atoms with van der Waals surface area (Å²) in [5.74, 6) is -0.428. The van der Waals surface area contributed by atoms with Crippen LogP contribution in [0.1, 0.15) is 39.8 Å². The van der Waals surface area contributed by atoms with E-state index in [1.807, 2.05) is 56.3 Å². The second-order valence-electron chi connectivity index (χ2n) is 7.78. The van der Waals surface area contributed by atoms with Crippen LogP contribution in [0.3, 0.4) is 0 Å². The van der Waals surface area contributed by atoms with Crippen LogP contribution in [0.2, 0.25) is 0 Å². The predicted molar refractivity (Wildman–Crippen MR) is 138 cm³/mol. The van der Waals surface area contributed by atoms with Crippen LogP contribution >= 0.6 is 0 Å². The van der Waals surface area contributed by atoms with Crippen molar-refractivity contribution in [1.29, 1.82) is 0 Å². The van der Waals surface area contributed by atoms with Gasteiger partial charge in [-0.05, 0) is 61.2 Å². The normalized spacial score (nSPS) is 12.2. The molecular weight excluding hydrogens is 446 g/mol. The summed E-state index contributed by atoms with van der Waals surface area (Å²) in [5.41, 5.74) is 3.79. The molecule has 2 aromatic heterocycles. The SMILES string of the molecule is C=Cc1[nH]c(CN(c2ncc3ccccc3c2C)S(=O)c2ccc(C(=O)O)cc2)cc1/C=C\C. The number of nitrogens with zero attached hydrogens (tertiary/aromatic N) is 2. The zero-order valence-corrected chi connectivity index (χ0v) is 19.8. The van der Waals surface area contributed by atoms with E-state index < -0.39 is 17.0 Å². The number of hydrogen-bond donors (Lipinski definition) is 2. The van der Waals surface area contributed by atoms with E-state index >= 15 is 0 Å². The van der Waals surface area contributed by atoms with Crippen LogP contribution in [0.4, 0.5) is 5.82 Å². The van der Waals surface area contributed by atoms with E-state index in [4.69, 9.17) is 0 Å². The van der Waals surface area contributed by atoms with Crippen molar-refractivity contribution in [3.8, 4) is 0 Å². The van der Waals surface area contributed by atoms with E-state index in [1.54, 1.807) is 28.7 Å². The molecule has 2 N–H and O–H groups in total. The largest absolute Gasteiger partial charge is 0.478 e. The summed E-state index contributed by atoms with van der Waals surface area (Å²) in [6.45, 7) is 8.10. The minimum Gasteiger partial charge on any atom is -0.478 e. The average molecular weight is 472 g/mol. The van der Waals surface area contributed by atoms with Crippen LogP contribution < -0.4 is 4.31 Å². The second kappa shape index (κ2) is 9.89. The summed E-state index contributed by atoms with van der Waals surface area (Å²) in [6, 6.07) is 16.0. The molecule has 1 unspecified atom stereocenters. The number of hydrogen-bond acceptors (Lipinski definition) is 3. The Bertz CT molecular complexity index is 1420. The number of carboxylic acid groups (broad SMARTS) is 1.